The van der Waals surface area contributed by atoms with E-state index in [1.165, 1.54) is 23.8 Å². The minimum Gasteiger partial charge on any atom is -0.497 e. The molecule has 1 aromatic carbocycles. The summed E-state index contributed by atoms with van der Waals surface area (Å²) in [6.07, 6.45) is 16.1. The van der Waals surface area contributed by atoms with Crippen LogP contribution in [0, 0.1) is 11.8 Å². The minimum absolute atomic E-state index is 0.0634. The quantitative estimate of drug-likeness (QED) is 0.0582. The molecule has 0 spiro atoms. The fraction of sp³-hybridized carbons (Fsp3) is 0.617. The fourth-order valence-electron chi connectivity index (χ4n) is 6.86. The van der Waals surface area contributed by atoms with Crippen LogP contribution in [-0.4, -0.2) is 84.8 Å². The van der Waals surface area contributed by atoms with Crippen molar-refractivity contribution in [3.63, 3.8) is 0 Å². The van der Waals surface area contributed by atoms with Crippen LogP contribution in [0.2, 0.25) is 0 Å². The second kappa shape index (κ2) is 26.2. The van der Waals surface area contributed by atoms with E-state index in [2.05, 4.69) is 55.1 Å². The highest BCUT2D eigenvalue weighted by Crippen LogP contribution is 2.32. The number of likely N-dealkylation sites (tertiary alicyclic amines) is 1. The summed E-state index contributed by atoms with van der Waals surface area (Å²) in [7, 11) is 3.65. The van der Waals surface area contributed by atoms with Gasteiger partial charge in [-0.15, -0.1) is 0 Å². The second-order valence-electron chi connectivity index (χ2n) is 15.9. The summed E-state index contributed by atoms with van der Waals surface area (Å²) < 4.78 is 17.8. The molecule has 2 saturated carbocycles. The van der Waals surface area contributed by atoms with Gasteiger partial charge in [-0.05, 0) is 102 Å². The van der Waals surface area contributed by atoms with Crippen molar-refractivity contribution in [1.29, 1.82) is 0 Å². The van der Waals surface area contributed by atoms with Gasteiger partial charge in [-0.3, -0.25) is 14.8 Å². The Bertz CT molecular complexity index is 1710. The molecule has 2 heterocycles. The number of aromatic nitrogens is 1. The van der Waals surface area contributed by atoms with Crippen molar-refractivity contribution in [3.05, 3.63) is 66.5 Å². The maximum absolute atomic E-state index is 13.9. The van der Waals surface area contributed by atoms with Gasteiger partial charge < -0.3 is 35.1 Å². The summed E-state index contributed by atoms with van der Waals surface area (Å²) in [6.45, 7) is 21.2. The first kappa shape index (κ1) is 49.3. The van der Waals surface area contributed by atoms with Gasteiger partial charge in [0.25, 0.3) is 0 Å². The first-order valence-corrected chi connectivity index (χ1v) is 23.0. The number of nitrogens with one attached hydrogen (secondary N) is 3. The van der Waals surface area contributed by atoms with Gasteiger partial charge in [0.2, 0.25) is 5.91 Å². The minimum atomic E-state index is -0.631. The Morgan fingerprint density at radius 1 is 1.07 bits per heavy atom. The standard InChI is InChI=1S/C39H56N6O5S.C6H12.C2H6/c1-26(2)42-38(51-5)41-24-28-22-36(32-18-17-30(48-4)23-35(32)43-28)49-31-19-20-45(25-31)37(46)33(44-39(47)50-29-14-11-12-15-29)16-10-8-6-7-9-13-27-21-34(27)40-3;1-5(2)6(3)4;1-2/h9,13,17-18,22-23,27,29,31,33-34,40H,1,6-8,10-12,14-16,19-21,24-25H2,2-5H3,(H,41,42)(H,44,47);6H,1H2,2-4H3;1-2H3/b13-9-;;/t27-,31?,33?,34-;;/m1../s1. The highest BCUT2D eigenvalue weighted by Gasteiger charge is 2.34. The number of rotatable bonds is 18. The number of carbonyl (C=O) groups is 2. The van der Waals surface area contributed by atoms with E-state index in [4.69, 9.17) is 24.2 Å². The summed E-state index contributed by atoms with van der Waals surface area (Å²) in [5.41, 5.74) is 3.57. The molecule has 1 aliphatic heterocycles. The van der Waals surface area contributed by atoms with Crippen molar-refractivity contribution in [2.75, 3.05) is 33.5 Å². The van der Waals surface area contributed by atoms with Crippen LogP contribution in [0.4, 0.5) is 4.79 Å². The van der Waals surface area contributed by atoms with E-state index in [9.17, 15) is 9.59 Å². The van der Waals surface area contributed by atoms with Gasteiger partial charge >= 0.3 is 6.09 Å². The zero-order valence-corrected chi connectivity index (χ0v) is 38.3. The summed E-state index contributed by atoms with van der Waals surface area (Å²) >= 11 is 1.51. The number of amidine groups is 1. The van der Waals surface area contributed by atoms with Crippen LogP contribution in [0.25, 0.3) is 10.9 Å². The lowest BCUT2D eigenvalue weighted by Crippen LogP contribution is -2.48. The highest BCUT2D eigenvalue weighted by atomic mass is 32.2. The fourth-order valence-corrected chi connectivity index (χ4v) is 7.33. The number of thioether (sulfide) groups is 1. The number of unbranched alkanes of at least 4 members (excludes halogenated alkanes) is 3. The Hall–Kier alpha value is -4.03. The lowest BCUT2D eigenvalue weighted by molar-refractivity contribution is -0.132. The SMILES string of the molecule is C=C(C)C(C)C.C=C(C)NC(=NCc1cc(OC2CCN(C(=O)C(CCCCC/C=C\[C@@H]3C[C@H]3NC)NC(=O)OC3CCCC3)C2)c2ccc(OC)cc2n1)SC.CC. The summed E-state index contributed by atoms with van der Waals surface area (Å²) in [5.74, 6) is 2.64. The topological polar surface area (TPSA) is 126 Å². The van der Waals surface area contributed by atoms with Crippen LogP contribution in [0.5, 0.6) is 11.5 Å². The van der Waals surface area contributed by atoms with Gasteiger partial charge in [-0.1, -0.05) is 83.2 Å². The summed E-state index contributed by atoms with van der Waals surface area (Å²) in [6, 6.07) is 7.68. The largest absolute Gasteiger partial charge is 0.497 e. The number of alkyl carbamates (subject to hydrolysis) is 1. The number of fused-ring (bicyclic) bond motifs is 1. The van der Waals surface area contributed by atoms with E-state index in [1.807, 2.05) is 70.2 Å². The Morgan fingerprint density at radius 2 is 1.80 bits per heavy atom. The zero-order valence-electron chi connectivity index (χ0n) is 37.5. The van der Waals surface area contributed by atoms with Gasteiger partial charge in [-0.2, -0.15) is 0 Å². The third kappa shape index (κ3) is 17.2. The molecule has 328 valence electrons. The smallest absolute Gasteiger partial charge is 0.408 e. The molecular weight excluding hydrogens is 761 g/mol. The number of hydrogen-bond donors (Lipinski definition) is 3. The zero-order chi connectivity index (χ0) is 43.3. The molecular formula is C47H74N6O5S. The number of allylic oxidation sites excluding steroid dienone is 3. The van der Waals surface area contributed by atoms with E-state index < -0.39 is 12.1 Å². The molecule has 0 radical (unpaired) electrons. The van der Waals surface area contributed by atoms with Gasteiger partial charge in [0, 0.05) is 42.2 Å². The normalized spacial score (nSPS) is 19.4. The number of aliphatic imine (C=N–C) groups is 1. The lowest BCUT2D eigenvalue weighted by Gasteiger charge is -2.25. The van der Waals surface area contributed by atoms with E-state index in [1.54, 1.807) is 7.11 Å². The van der Waals surface area contributed by atoms with Crippen LogP contribution >= 0.6 is 11.8 Å². The molecule has 2 aromatic rings. The molecule has 1 aromatic heterocycles. The maximum atomic E-state index is 13.9. The van der Waals surface area contributed by atoms with Crippen LogP contribution in [-0.2, 0) is 16.1 Å². The third-order valence-electron chi connectivity index (χ3n) is 10.8. The number of amides is 2. The Kier molecular flexibility index (Phi) is 21.9. The summed E-state index contributed by atoms with van der Waals surface area (Å²) in [4.78, 5) is 38.2. The van der Waals surface area contributed by atoms with Crippen LogP contribution < -0.4 is 25.4 Å². The van der Waals surface area contributed by atoms with Crippen molar-refractivity contribution >= 4 is 39.8 Å². The number of pyridine rings is 1. The number of methoxy groups -OCH3 is 1. The van der Waals surface area contributed by atoms with Crippen LogP contribution in [0.1, 0.15) is 118 Å². The predicted molar refractivity (Wildman–Crippen MR) is 246 cm³/mol. The van der Waals surface area contributed by atoms with Crippen LogP contribution in [0.3, 0.4) is 0 Å². The molecule has 59 heavy (non-hydrogen) atoms. The Balaban J connectivity index is 0.00000107. The number of carbonyl (C=O) groups excluding carboxylic acids is 2. The van der Waals surface area contributed by atoms with Crippen molar-refractivity contribution < 1.29 is 23.8 Å². The molecule has 3 N–H and O–H groups in total. The second-order valence-corrected chi connectivity index (χ2v) is 16.7. The average Bonchev–Trinajstić information content (AvgIpc) is 3.51. The van der Waals surface area contributed by atoms with E-state index in [0.717, 1.165) is 78.8 Å². The van der Waals surface area contributed by atoms with Crippen molar-refractivity contribution in [1.82, 2.24) is 25.8 Å². The number of benzene rings is 1. The monoisotopic (exact) mass is 835 g/mol. The predicted octanol–water partition coefficient (Wildman–Crippen LogP) is 9.96. The molecule has 3 fully saturated rings. The Morgan fingerprint density at radius 3 is 2.42 bits per heavy atom. The van der Waals surface area contributed by atoms with E-state index in [0.29, 0.717) is 61.9 Å². The third-order valence-corrected chi connectivity index (χ3v) is 11.4. The molecule has 0 bridgehead atoms. The first-order chi connectivity index (χ1) is 28.4. The number of ether oxygens (including phenoxy) is 3. The number of nitrogens with zero attached hydrogens (tertiary/aromatic N) is 3. The lowest BCUT2D eigenvalue weighted by atomic mass is 10.1. The van der Waals surface area contributed by atoms with Gasteiger partial charge in [0.1, 0.15) is 29.7 Å². The van der Waals surface area contributed by atoms with Gasteiger partial charge in [-0.25, -0.2) is 4.79 Å². The molecule has 4 atom stereocenters. The molecule has 2 amide bonds. The van der Waals surface area contributed by atoms with Crippen LogP contribution in [0.15, 0.2) is 65.8 Å². The van der Waals surface area contributed by atoms with E-state index >= 15 is 0 Å². The van der Waals surface area contributed by atoms with Gasteiger partial charge in [0.05, 0.1) is 31.4 Å². The highest BCUT2D eigenvalue weighted by molar-refractivity contribution is 8.13. The van der Waals surface area contributed by atoms with Crippen molar-refractivity contribution in [3.8, 4) is 11.5 Å². The molecule has 3 aliphatic rings. The molecule has 5 rings (SSSR count). The van der Waals surface area contributed by atoms with Crippen molar-refractivity contribution in [2.24, 2.45) is 16.8 Å². The molecule has 11 nitrogen and oxygen atoms in total. The molecule has 12 heteroatoms. The maximum Gasteiger partial charge on any atom is 0.408 e. The summed E-state index contributed by atoms with van der Waals surface area (Å²) in [5, 5.41) is 11.1. The Labute approximate surface area is 359 Å². The molecule has 1 saturated heterocycles. The molecule has 2 aliphatic carbocycles. The number of hydrogen-bond acceptors (Lipinski definition) is 9. The molecule has 2 unspecified atom stereocenters. The first-order valence-electron chi connectivity index (χ1n) is 21.8. The van der Waals surface area contributed by atoms with Crippen molar-refractivity contribution in [2.45, 2.75) is 143 Å². The van der Waals surface area contributed by atoms with Gasteiger partial charge in [0.15, 0.2) is 5.17 Å². The average molecular weight is 835 g/mol. The van der Waals surface area contributed by atoms with E-state index in [-0.39, 0.29) is 18.1 Å².